The molecule has 1 fully saturated rings. The van der Waals surface area contributed by atoms with Crippen LogP contribution in [0.3, 0.4) is 0 Å². The van der Waals surface area contributed by atoms with Gasteiger partial charge in [0.25, 0.3) is 0 Å². The van der Waals surface area contributed by atoms with Gasteiger partial charge in [0.2, 0.25) is 21.8 Å². The highest BCUT2D eigenvalue weighted by atomic mass is 32.2. The number of nitrogens with one attached hydrogen (secondary N) is 1. The van der Waals surface area contributed by atoms with Crippen LogP contribution in [0.5, 0.6) is 0 Å². The smallest absolute Gasteiger partial charge is 0.303 e. The van der Waals surface area contributed by atoms with Crippen molar-refractivity contribution in [3.63, 3.8) is 0 Å². The van der Waals surface area contributed by atoms with Crippen molar-refractivity contribution in [1.82, 2.24) is 5.32 Å². The van der Waals surface area contributed by atoms with Crippen LogP contribution in [0.4, 0.5) is 5.69 Å². The molecule has 1 aliphatic rings. The zero-order valence-corrected chi connectivity index (χ0v) is 16.0. The van der Waals surface area contributed by atoms with Gasteiger partial charge in [-0.05, 0) is 38.5 Å². The molecule has 1 heterocycles. The van der Waals surface area contributed by atoms with Crippen LogP contribution in [-0.2, 0) is 24.4 Å². The van der Waals surface area contributed by atoms with E-state index in [4.69, 9.17) is 10.2 Å². The molecule has 0 radical (unpaired) electrons. The number of carboxylic acid groups (broad SMARTS) is 1. The van der Waals surface area contributed by atoms with Crippen molar-refractivity contribution in [2.75, 3.05) is 11.4 Å². The van der Waals surface area contributed by atoms with Crippen molar-refractivity contribution in [3.05, 3.63) is 24.3 Å². The monoisotopic (exact) mass is 397 g/mol. The Kier molecular flexibility index (Phi) is 5.91. The van der Waals surface area contributed by atoms with Gasteiger partial charge in [0.1, 0.15) is 0 Å². The lowest BCUT2D eigenvalue weighted by atomic mass is 9.96. The number of hydrogen-bond donors (Lipinski definition) is 3. The molecule has 4 N–H and O–H groups in total. The third-order valence-electron chi connectivity index (χ3n) is 4.38. The number of anilines is 1. The number of benzene rings is 1. The molecule has 10 heteroatoms. The summed E-state index contributed by atoms with van der Waals surface area (Å²) in [5.74, 6) is -2.21. The standard InChI is InChI=1S/C17H23N3O6S/c1-17(2,7-6-15(22)23)19-16(24)11-8-14(21)20(10-11)12-4-3-5-13(9-12)27(18,25)26/h3-5,9,11H,6-8,10H2,1-2H3,(H,19,24)(H,22,23)(H2,18,25,26). The summed E-state index contributed by atoms with van der Waals surface area (Å²) in [4.78, 5) is 36.8. The van der Waals surface area contributed by atoms with Crippen LogP contribution < -0.4 is 15.4 Å². The van der Waals surface area contributed by atoms with E-state index in [1.807, 2.05) is 0 Å². The first kappa shape index (κ1) is 20.8. The number of nitrogens with two attached hydrogens (primary N) is 1. The Morgan fingerprint density at radius 2 is 2.04 bits per heavy atom. The molecule has 1 aliphatic heterocycles. The Morgan fingerprint density at radius 3 is 2.63 bits per heavy atom. The third-order valence-corrected chi connectivity index (χ3v) is 5.29. The van der Waals surface area contributed by atoms with E-state index < -0.39 is 27.4 Å². The Morgan fingerprint density at radius 1 is 1.37 bits per heavy atom. The molecule has 1 aromatic carbocycles. The highest BCUT2D eigenvalue weighted by Gasteiger charge is 2.37. The molecule has 1 unspecified atom stereocenters. The first-order chi connectivity index (χ1) is 12.4. The van der Waals surface area contributed by atoms with Crippen LogP contribution in [0.2, 0.25) is 0 Å². The Hall–Kier alpha value is -2.46. The summed E-state index contributed by atoms with van der Waals surface area (Å²) >= 11 is 0. The first-order valence-electron chi connectivity index (χ1n) is 8.36. The maximum Gasteiger partial charge on any atom is 0.303 e. The molecule has 1 saturated heterocycles. The molecule has 0 aliphatic carbocycles. The number of primary sulfonamides is 1. The van der Waals surface area contributed by atoms with E-state index in [2.05, 4.69) is 5.32 Å². The SMILES string of the molecule is CC(C)(CCC(=O)O)NC(=O)C1CC(=O)N(c2cccc(S(N)(=O)=O)c2)C1. The van der Waals surface area contributed by atoms with E-state index in [1.165, 1.54) is 23.1 Å². The average molecular weight is 397 g/mol. The highest BCUT2D eigenvalue weighted by Crippen LogP contribution is 2.27. The lowest BCUT2D eigenvalue weighted by Crippen LogP contribution is -2.46. The minimum Gasteiger partial charge on any atom is -0.481 e. The van der Waals surface area contributed by atoms with Crippen molar-refractivity contribution >= 4 is 33.5 Å². The fraction of sp³-hybridized carbons (Fsp3) is 0.471. The normalized spacial score (nSPS) is 17.8. The molecule has 1 atom stereocenters. The van der Waals surface area contributed by atoms with E-state index in [0.29, 0.717) is 5.69 Å². The van der Waals surface area contributed by atoms with Crippen molar-refractivity contribution in [1.29, 1.82) is 0 Å². The molecule has 2 rings (SSSR count). The highest BCUT2D eigenvalue weighted by molar-refractivity contribution is 7.89. The number of aliphatic carboxylic acids is 1. The first-order valence-corrected chi connectivity index (χ1v) is 9.91. The summed E-state index contributed by atoms with van der Waals surface area (Å²) < 4.78 is 23.0. The third kappa shape index (κ3) is 5.51. The lowest BCUT2D eigenvalue weighted by molar-refractivity contribution is -0.138. The van der Waals surface area contributed by atoms with E-state index in [9.17, 15) is 22.8 Å². The van der Waals surface area contributed by atoms with Gasteiger partial charge in [-0.25, -0.2) is 13.6 Å². The number of carboxylic acids is 1. The van der Waals surface area contributed by atoms with Gasteiger partial charge in [-0.2, -0.15) is 0 Å². The van der Waals surface area contributed by atoms with E-state index in [0.717, 1.165) is 0 Å². The number of hydrogen-bond acceptors (Lipinski definition) is 5. The summed E-state index contributed by atoms with van der Waals surface area (Å²) in [6.45, 7) is 3.55. The van der Waals surface area contributed by atoms with Gasteiger partial charge in [-0.3, -0.25) is 14.4 Å². The Labute approximate surface area is 157 Å². The van der Waals surface area contributed by atoms with Crippen molar-refractivity contribution in [3.8, 4) is 0 Å². The van der Waals surface area contributed by atoms with E-state index >= 15 is 0 Å². The number of nitrogens with zero attached hydrogens (tertiary/aromatic N) is 1. The summed E-state index contributed by atoms with van der Waals surface area (Å²) in [5.41, 5.74) is -0.369. The maximum atomic E-state index is 12.5. The Bertz CT molecular complexity index is 865. The fourth-order valence-electron chi connectivity index (χ4n) is 2.88. The predicted octanol–water partition coefficient (Wildman–Crippen LogP) is 0.447. The molecular weight excluding hydrogens is 374 g/mol. The number of carbonyl (C=O) groups excluding carboxylic acids is 2. The minimum atomic E-state index is -3.90. The summed E-state index contributed by atoms with van der Waals surface area (Å²) in [6, 6.07) is 5.67. The molecule has 2 amide bonds. The molecule has 0 bridgehead atoms. The fourth-order valence-corrected chi connectivity index (χ4v) is 3.43. The molecular formula is C17H23N3O6S. The van der Waals surface area contributed by atoms with E-state index in [1.54, 1.807) is 19.9 Å². The van der Waals surface area contributed by atoms with Gasteiger partial charge in [-0.1, -0.05) is 6.07 Å². The van der Waals surface area contributed by atoms with Gasteiger partial charge in [-0.15, -0.1) is 0 Å². The van der Waals surface area contributed by atoms with Crippen LogP contribution in [0.15, 0.2) is 29.2 Å². The second kappa shape index (κ2) is 7.65. The van der Waals surface area contributed by atoms with E-state index in [-0.39, 0.29) is 42.5 Å². The molecule has 0 spiro atoms. The zero-order valence-electron chi connectivity index (χ0n) is 15.1. The topological polar surface area (TPSA) is 147 Å². The van der Waals surface area contributed by atoms with Crippen molar-refractivity contribution < 1.29 is 27.9 Å². The number of rotatable bonds is 7. The molecule has 9 nitrogen and oxygen atoms in total. The minimum absolute atomic E-state index is 0.0134. The van der Waals surface area contributed by atoms with Crippen molar-refractivity contribution in [2.24, 2.45) is 11.1 Å². The van der Waals surface area contributed by atoms with Crippen LogP contribution in [0, 0.1) is 5.92 Å². The lowest BCUT2D eigenvalue weighted by Gasteiger charge is -2.27. The maximum absolute atomic E-state index is 12.5. The van der Waals surface area contributed by atoms with Crippen molar-refractivity contribution in [2.45, 2.75) is 43.5 Å². The average Bonchev–Trinajstić information content (AvgIpc) is 2.94. The van der Waals surface area contributed by atoms with Crippen LogP contribution in [-0.4, -0.2) is 43.4 Å². The zero-order chi connectivity index (χ0) is 20.4. The molecule has 1 aromatic rings. The van der Waals surface area contributed by atoms with Gasteiger partial charge >= 0.3 is 5.97 Å². The predicted molar refractivity (Wildman–Crippen MR) is 97.4 cm³/mol. The molecule has 27 heavy (non-hydrogen) atoms. The molecule has 0 saturated carbocycles. The van der Waals surface area contributed by atoms with Crippen LogP contribution in [0.1, 0.15) is 33.1 Å². The second-order valence-corrected chi connectivity index (χ2v) is 8.78. The molecule has 0 aromatic heterocycles. The summed E-state index contributed by atoms with van der Waals surface area (Å²) in [6.07, 6.45) is 0.165. The number of amides is 2. The molecule has 148 valence electrons. The largest absolute Gasteiger partial charge is 0.481 e. The number of carbonyl (C=O) groups is 3. The van der Waals surface area contributed by atoms with Crippen LogP contribution in [0.25, 0.3) is 0 Å². The van der Waals surface area contributed by atoms with Crippen LogP contribution >= 0.6 is 0 Å². The summed E-state index contributed by atoms with van der Waals surface area (Å²) in [7, 11) is -3.90. The second-order valence-electron chi connectivity index (χ2n) is 7.21. The van der Waals surface area contributed by atoms with Gasteiger partial charge in [0.05, 0.1) is 10.8 Å². The van der Waals surface area contributed by atoms with Gasteiger partial charge in [0, 0.05) is 30.6 Å². The van der Waals surface area contributed by atoms with Gasteiger partial charge < -0.3 is 15.3 Å². The summed E-state index contributed by atoms with van der Waals surface area (Å²) in [5, 5.41) is 16.7. The Balaban J connectivity index is 2.09. The van der Waals surface area contributed by atoms with Gasteiger partial charge in [0.15, 0.2) is 0 Å². The number of sulfonamides is 1. The quantitative estimate of drug-likeness (QED) is 0.608.